The van der Waals surface area contributed by atoms with Crippen LogP contribution < -0.4 is 5.32 Å². The number of hydrogen-bond acceptors (Lipinski definition) is 3. The Kier molecular flexibility index (Phi) is 8.49. The number of hydrogen-bond donors (Lipinski definition) is 2. The molecule has 30 heavy (non-hydrogen) atoms. The van der Waals surface area contributed by atoms with Crippen molar-refractivity contribution >= 4 is 10.9 Å². The van der Waals surface area contributed by atoms with E-state index in [4.69, 9.17) is 0 Å². The molecule has 1 aromatic heterocycles. The van der Waals surface area contributed by atoms with Gasteiger partial charge in [-0.2, -0.15) is 26.3 Å². The lowest BCUT2D eigenvalue weighted by molar-refractivity contribution is -0.142. The fourth-order valence-corrected chi connectivity index (χ4v) is 3.39. The van der Waals surface area contributed by atoms with Crippen molar-refractivity contribution in [3.63, 3.8) is 0 Å². The molecule has 0 aliphatic rings. The normalized spacial score (nSPS) is 13.7. The zero-order valence-corrected chi connectivity index (χ0v) is 16.7. The number of unbranched alkanes of at least 4 members (excludes halogenated alkanes) is 5. The third-order valence-corrected chi connectivity index (χ3v) is 4.95. The molecular formula is C21H26F6N2O. The first-order valence-electron chi connectivity index (χ1n) is 10.0. The van der Waals surface area contributed by atoms with E-state index < -0.39 is 41.8 Å². The smallest absolute Gasteiger partial charge is 0.394 e. The van der Waals surface area contributed by atoms with Crippen LogP contribution >= 0.6 is 0 Å². The lowest BCUT2D eigenvalue weighted by atomic mass is 9.98. The van der Waals surface area contributed by atoms with Crippen LogP contribution in [0.5, 0.6) is 0 Å². The number of alkyl halides is 6. The second kappa shape index (κ2) is 10.4. The molecule has 0 bridgehead atoms. The number of aromatic nitrogens is 1. The van der Waals surface area contributed by atoms with Gasteiger partial charge in [-0.25, -0.2) is 4.98 Å². The van der Waals surface area contributed by atoms with Crippen LogP contribution in [0.2, 0.25) is 0 Å². The highest BCUT2D eigenvalue weighted by molar-refractivity contribution is 5.86. The van der Waals surface area contributed by atoms with Gasteiger partial charge in [0.15, 0.2) is 0 Å². The van der Waals surface area contributed by atoms with Gasteiger partial charge in [-0.05, 0) is 30.7 Å². The molecule has 1 atom stereocenters. The zero-order chi connectivity index (χ0) is 22.4. The predicted octanol–water partition coefficient (Wildman–Crippen LogP) is 6.26. The van der Waals surface area contributed by atoms with Crippen molar-refractivity contribution in [2.75, 3.05) is 13.2 Å². The number of pyridine rings is 1. The van der Waals surface area contributed by atoms with Crippen molar-refractivity contribution in [1.82, 2.24) is 10.3 Å². The van der Waals surface area contributed by atoms with E-state index in [1.165, 1.54) is 6.07 Å². The maximum atomic E-state index is 13.4. The number of halogens is 6. The van der Waals surface area contributed by atoms with Gasteiger partial charge in [-0.15, -0.1) is 0 Å². The summed E-state index contributed by atoms with van der Waals surface area (Å²) in [6, 6.07) is 2.92. The van der Waals surface area contributed by atoms with Crippen molar-refractivity contribution in [3.05, 3.63) is 41.1 Å². The molecule has 2 rings (SSSR count). The molecule has 1 aromatic carbocycles. The third-order valence-electron chi connectivity index (χ3n) is 4.95. The van der Waals surface area contributed by atoms with Crippen molar-refractivity contribution in [2.45, 2.75) is 63.8 Å². The summed E-state index contributed by atoms with van der Waals surface area (Å²) >= 11 is 0. The molecule has 0 aliphatic heterocycles. The summed E-state index contributed by atoms with van der Waals surface area (Å²) in [5.41, 5.74) is -3.47. The first-order valence-corrected chi connectivity index (χ1v) is 10.0. The van der Waals surface area contributed by atoms with Crippen LogP contribution in [0.1, 0.15) is 68.3 Å². The number of aliphatic hydroxyl groups is 1. The Morgan fingerprint density at radius 3 is 2.23 bits per heavy atom. The highest BCUT2D eigenvalue weighted by atomic mass is 19.4. The molecular weight excluding hydrogens is 410 g/mol. The Balaban J connectivity index is 2.35. The Labute approximate surface area is 171 Å². The Bertz CT molecular complexity index is 819. The molecule has 168 valence electrons. The summed E-state index contributed by atoms with van der Waals surface area (Å²) < 4.78 is 80.0. The Morgan fingerprint density at radius 2 is 1.63 bits per heavy atom. The third kappa shape index (κ3) is 6.31. The van der Waals surface area contributed by atoms with Crippen LogP contribution in [0.3, 0.4) is 0 Å². The minimum absolute atomic E-state index is 0.0492. The lowest BCUT2D eigenvalue weighted by Crippen LogP contribution is -2.26. The number of benzene rings is 1. The Hall–Kier alpha value is -1.87. The molecule has 0 radical (unpaired) electrons. The van der Waals surface area contributed by atoms with Gasteiger partial charge in [0.05, 0.1) is 23.7 Å². The van der Waals surface area contributed by atoms with E-state index in [1.54, 1.807) is 0 Å². The molecule has 2 N–H and O–H groups in total. The van der Waals surface area contributed by atoms with Crippen molar-refractivity contribution in [1.29, 1.82) is 0 Å². The second-order valence-corrected chi connectivity index (χ2v) is 7.25. The van der Waals surface area contributed by atoms with E-state index in [1.807, 2.05) is 0 Å². The SMILES string of the molecule is CCCCCCCCNC(CO)c1cc(C(F)(F)F)nc2c(C(F)(F)F)cccc12. The van der Waals surface area contributed by atoms with Gasteiger partial charge >= 0.3 is 12.4 Å². The predicted molar refractivity (Wildman–Crippen MR) is 103 cm³/mol. The number of nitrogens with zero attached hydrogens (tertiary/aromatic N) is 1. The summed E-state index contributed by atoms with van der Waals surface area (Å²) in [5, 5.41) is 12.7. The number of aliphatic hydroxyl groups excluding tert-OH is 1. The highest BCUT2D eigenvalue weighted by Gasteiger charge is 2.38. The van der Waals surface area contributed by atoms with E-state index in [0.717, 1.165) is 50.7 Å². The minimum atomic E-state index is -4.92. The van der Waals surface area contributed by atoms with Gasteiger partial charge in [0.1, 0.15) is 5.69 Å². The van der Waals surface area contributed by atoms with Crippen molar-refractivity contribution < 1.29 is 31.4 Å². The second-order valence-electron chi connectivity index (χ2n) is 7.25. The first-order chi connectivity index (χ1) is 14.1. The average molecular weight is 436 g/mol. The summed E-state index contributed by atoms with van der Waals surface area (Å²) in [7, 11) is 0. The fourth-order valence-electron chi connectivity index (χ4n) is 3.39. The zero-order valence-electron chi connectivity index (χ0n) is 16.7. The molecule has 1 heterocycles. The van der Waals surface area contributed by atoms with Gasteiger partial charge < -0.3 is 10.4 Å². The molecule has 0 saturated heterocycles. The van der Waals surface area contributed by atoms with Gasteiger partial charge in [-0.3, -0.25) is 0 Å². The van der Waals surface area contributed by atoms with Gasteiger partial charge in [0, 0.05) is 5.39 Å². The van der Waals surface area contributed by atoms with Crippen LogP contribution in [0.25, 0.3) is 10.9 Å². The average Bonchev–Trinajstić information content (AvgIpc) is 2.67. The van der Waals surface area contributed by atoms with Crippen molar-refractivity contribution in [2.24, 2.45) is 0 Å². The van der Waals surface area contributed by atoms with E-state index in [-0.39, 0.29) is 10.9 Å². The molecule has 0 fully saturated rings. The Morgan fingerprint density at radius 1 is 0.967 bits per heavy atom. The molecule has 0 spiro atoms. The first kappa shape index (κ1) is 24.4. The lowest BCUT2D eigenvalue weighted by Gasteiger charge is -2.21. The largest absolute Gasteiger partial charge is 0.433 e. The van der Waals surface area contributed by atoms with E-state index in [2.05, 4.69) is 17.2 Å². The van der Waals surface area contributed by atoms with E-state index >= 15 is 0 Å². The van der Waals surface area contributed by atoms with Gasteiger partial charge in [-0.1, -0.05) is 51.2 Å². The summed E-state index contributed by atoms with van der Waals surface area (Å²) in [6.45, 7) is 1.98. The number of rotatable bonds is 10. The number of nitrogens with one attached hydrogen (secondary N) is 1. The quantitative estimate of drug-likeness (QED) is 0.342. The molecule has 3 nitrogen and oxygen atoms in total. The van der Waals surface area contributed by atoms with E-state index in [0.29, 0.717) is 12.6 Å². The molecule has 0 saturated carbocycles. The van der Waals surface area contributed by atoms with Gasteiger partial charge in [0.25, 0.3) is 0 Å². The van der Waals surface area contributed by atoms with Crippen LogP contribution in [-0.4, -0.2) is 23.2 Å². The highest BCUT2D eigenvalue weighted by Crippen LogP contribution is 2.38. The molecule has 2 aromatic rings. The minimum Gasteiger partial charge on any atom is -0.394 e. The van der Waals surface area contributed by atoms with Crippen LogP contribution in [0.4, 0.5) is 26.3 Å². The maximum absolute atomic E-state index is 13.4. The molecule has 0 amide bonds. The summed E-state index contributed by atoms with van der Waals surface area (Å²) in [6.07, 6.45) is -3.71. The molecule has 9 heteroatoms. The topological polar surface area (TPSA) is 45.1 Å². The monoisotopic (exact) mass is 436 g/mol. The van der Waals surface area contributed by atoms with Crippen LogP contribution in [-0.2, 0) is 12.4 Å². The molecule has 0 aliphatic carbocycles. The summed E-state index contributed by atoms with van der Waals surface area (Å²) in [5.74, 6) is 0. The van der Waals surface area contributed by atoms with Crippen molar-refractivity contribution in [3.8, 4) is 0 Å². The van der Waals surface area contributed by atoms with Crippen LogP contribution in [0, 0.1) is 0 Å². The molecule has 1 unspecified atom stereocenters. The van der Waals surface area contributed by atoms with Crippen LogP contribution in [0.15, 0.2) is 24.3 Å². The number of fused-ring (bicyclic) bond motifs is 1. The van der Waals surface area contributed by atoms with Gasteiger partial charge in [0.2, 0.25) is 0 Å². The maximum Gasteiger partial charge on any atom is 0.433 e. The van der Waals surface area contributed by atoms with E-state index in [9.17, 15) is 31.4 Å². The number of para-hydroxylation sites is 1. The summed E-state index contributed by atoms with van der Waals surface area (Å²) in [4.78, 5) is 3.27. The standard InChI is InChI=1S/C21H26F6N2O/c1-2-3-4-5-6-7-11-28-17(13-30)15-12-18(21(25,26)27)29-19-14(15)9-8-10-16(19)20(22,23)24/h8-10,12,17,28,30H,2-7,11,13H2,1H3. The fraction of sp³-hybridized carbons (Fsp3) is 0.571.